The Morgan fingerprint density at radius 2 is 2.05 bits per heavy atom. The van der Waals surface area contributed by atoms with E-state index in [1.54, 1.807) is 18.3 Å². The van der Waals surface area contributed by atoms with Gasteiger partial charge >= 0.3 is 6.03 Å². The van der Waals surface area contributed by atoms with Crippen LogP contribution < -0.4 is 10.6 Å². The van der Waals surface area contributed by atoms with Crippen LogP contribution in [0.4, 0.5) is 4.79 Å². The van der Waals surface area contributed by atoms with Crippen LogP contribution in [0.25, 0.3) is 0 Å². The quantitative estimate of drug-likeness (QED) is 0.724. The zero-order chi connectivity index (χ0) is 16.0. The van der Waals surface area contributed by atoms with Gasteiger partial charge in [0.2, 0.25) is 0 Å². The lowest BCUT2D eigenvalue weighted by molar-refractivity contribution is 0.0476. The minimum atomic E-state index is -0.866. The molecule has 1 aromatic heterocycles. The summed E-state index contributed by atoms with van der Waals surface area (Å²) in [5.74, 6) is 0.543. The molecule has 1 heterocycles. The van der Waals surface area contributed by atoms with E-state index in [0.29, 0.717) is 18.9 Å². The summed E-state index contributed by atoms with van der Waals surface area (Å²) in [4.78, 5) is 17.3. The van der Waals surface area contributed by atoms with Crippen LogP contribution in [0.3, 0.4) is 0 Å². The Kier molecular flexibility index (Phi) is 6.61. The third-order valence-electron chi connectivity index (χ3n) is 3.31. The normalized spacial score (nSPS) is 14.0. The monoisotopic (exact) mass is 313 g/mol. The predicted octanol–water partition coefficient (Wildman–Crippen LogP) is 2.75. The summed E-state index contributed by atoms with van der Waals surface area (Å²) in [5, 5.41) is 16.7. The van der Waals surface area contributed by atoms with Gasteiger partial charge in [0, 0.05) is 11.4 Å². The highest BCUT2D eigenvalue weighted by Gasteiger charge is 2.21. The Balaban J connectivity index is 2.32. The van der Waals surface area contributed by atoms with Gasteiger partial charge in [-0.15, -0.1) is 11.3 Å². The van der Waals surface area contributed by atoms with E-state index in [0.717, 1.165) is 22.0 Å². The van der Waals surface area contributed by atoms with Gasteiger partial charge in [-0.1, -0.05) is 13.8 Å². The Morgan fingerprint density at radius 3 is 2.57 bits per heavy atom. The molecular weight excluding hydrogens is 286 g/mol. The van der Waals surface area contributed by atoms with Gasteiger partial charge in [-0.2, -0.15) is 0 Å². The Bertz CT molecular complexity index is 469. The number of thiazole rings is 1. The van der Waals surface area contributed by atoms with Crippen molar-refractivity contribution in [3.05, 3.63) is 15.6 Å². The molecule has 120 valence electrons. The van der Waals surface area contributed by atoms with E-state index in [2.05, 4.69) is 29.5 Å². The number of hydrogen-bond donors (Lipinski definition) is 3. The first kappa shape index (κ1) is 17.9. The van der Waals surface area contributed by atoms with Gasteiger partial charge in [0.1, 0.15) is 0 Å². The first-order valence-corrected chi connectivity index (χ1v) is 8.18. The van der Waals surface area contributed by atoms with E-state index in [4.69, 9.17) is 0 Å². The molecule has 0 aromatic carbocycles. The molecular formula is C15H27N3O2S. The average molecular weight is 313 g/mol. The Morgan fingerprint density at radius 1 is 1.38 bits per heavy atom. The smallest absolute Gasteiger partial charge is 0.315 e. The van der Waals surface area contributed by atoms with E-state index in [-0.39, 0.29) is 12.6 Å². The molecule has 3 N–H and O–H groups in total. The van der Waals surface area contributed by atoms with Crippen LogP contribution in [-0.2, 0) is 6.54 Å². The summed E-state index contributed by atoms with van der Waals surface area (Å²) in [6.07, 6.45) is 1.61. The van der Waals surface area contributed by atoms with Crippen molar-refractivity contribution in [2.75, 3.05) is 6.54 Å². The van der Waals surface area contributed by atoms with Crippen molar-refractivity contribution in [3.8, 4) is 0 Å². The highest BCUT2D eigenvalue weighted by Crippen LogP contribution is 2.16. The predicted molar refractivity (Wildman–Crippen MR) is 86.5 cm³/mol. The fourth-order valence-electron chi connectivity index (χ4n) is 1.92. The summed E-state index contributed by atoms with van der Waals surface area (Å²) in [6.45, 7) is 10.6. The van der Waals surface area contributed by atoms with Crippen LogP contribution in [0, 0.1) is 19.8 Å². The number of aromatic nitrogens is 1. The topological polar surface area (TPSA) is 74.2 Å². The Hall–Kier alpha value is -1.14. The molecule has 2 amide bonds. The molecule has 5 nitrogen and oxygen atoms in total. The lowest BCUT2D eigenvalue weighted by atomic mass is 9.95. The number of amides is 2. The van der Waals surface area contributed by atoms with E-state index >= 15 is 0 Å². The molecule has 0 aliphatic carbocycles. The number of nitrogens with one attached hydrogen (secondary N) is 2. The van der Waals surface area contributed by atoms with Gasteiger partial charge in [0.05, 0.1) is 22.8 Å². The van der Waals surface area contributed by atoms with Crippen LogP contribution in [0.5, 0.6) is 0 Å². The van der Waals surface area contributed by atoms with E-state index in [9.17, 15) is 9.90 Å². The second-order valence-corrected chi connectivity index (χ2v) is 7.61. The lowest BCUT2D eigenvalue weighted by Crippen LogP contribution is -2.44. The maximum atomic E-state index is 11.8. The van der Waals surface area contributed by atoms with Gasteiger partial charge < -0.3 is 15.7 Å². The van der Waals surface area contributed by atoms with Gasteiger partial charge in [-0.3, -0.25) is 0 Å². The van der Waals surface area contributed by atoms with Crippen molar-refractivity contribution in [1.82, 2.24) is 15.6 Å². The van der Waals surface area contributed by atoms with E-state index < -0.39 is 5.60 Å². The van der Waals surface area contributed by atoms with Gasteiger partial charge in [0.15, 0.2) is 0 Å². The molecule has 0 bridgehead atoms. The number of aliphatic hydroxyl groups is 1. The third kappa shape index (κ3) is 6.91. The largest absolute Gasteiger partial charge is 0.388 e. The zero-order valence-corrected chi connectivity index (χ0v) is 14.4. The second kappa shape index (κ2) is 7.75. The summed E-state index contributed by atoms with van der Waals surface area (Å²) in [7, 11) is 0. The molecule has 0 fully saturated rings. The molecule has 21 heavy (non-hydrogen) atoms. The standard InChI is InChI=1S/C15H27N3O2S/c1-10(2)6-7-15(5,20)9-17-14(19)16-8-13-11(3)21-12(4)18-13/h10,20H,6-9H2,1-5H3,(H2,16,17,19). The molecule has 0 aliphatic heterocycles. The maximum Gasteiger partial charge on any atom is 0.315 e. The highest BCUT2D eigenvalue weighted by molar-refractivity contribution is 7.11. The number of nitrogens with zero attached hydrogens (tertiary/aromatic N) is 1. The molecule has 1 rings (SSSR count). The van der Waals surface area contributed by atoms with Crippen LogP contribution in [-0.4, -0.2) is 28.3 Å². The SMILES string of the molecule is Cc1nc(CNC(=O)NCC(C)(O)CCC(C)C)c(C)s1. The van der Waals surface area contributed by atoms with Crippen molar-refractivity contribution < 1.29 is 9.90 Å². The molecule has 1 unspecified atom stereocenters. The number of carbonyl (C=O) groups is 1. The molecule has 0 spiro atoms. The van der Waals surface area contributed by atoms with Gasteiger partial charge in [-0.25, -0.2) is 9.78 Å². The molecule has 6 heteroatoms. The third-order valence-corrected chi connectivity index (χ3v) is 4.23. The van der Waals surface area contributed by atoms with E-state index in [1.165, 1.54) is 0 Å². The molecule has 0 saturated carbocycles. The van der Waals surface area contributed by atoms with Crippen molar-refractivity contribution in [3.63, 3.8) is 0 Å². The van der Waals surface area contributed by atoms with Crippen molar-refractivity contribution >= 4 is 17.4 Å². The fourth-order valence-corrected chi connectivity index (χ4v) is 2.76. The number of aryl methyl sites for hydroxylation is 2. The number of rotatable bonds is 7. The molecule has 0 saturated heterocycles. The van der Waals surface area contributed by atoms with Crippen LogP contribution in [0.15, 0.2) is 0 Å². The highest BCUT2D eigenvalue weighted by atomic mass is 32.1. The molecule has 1 atom stereocenters. The minimum absolute atomic E-state index is 0.251. The molecule has 0 aliphatic rings. The Labute approximate surface area is 131 Å². The second-order valence-electron chi connectivity index (χ2n) is 6.20. The van der Waals surface area contributed by atoms with E-state index in [1.807, 2.05) is 13.8 Å². The van der Waals surface area contributed by atoms with Crippen LogP contribution in [0.1, 0.15) is 49.2 Å². The summed E-state index contributed by atoms with van der Waals surface area (Å²) >= 11 is 1.62. The van der Waals surface area contributed by atoms with Crippen LogP contribution in [0.2, 0.25) is 0 Å². The molecule has 1 aromatic rings. The van der Waals surface area contributed by atoms with Gasteiger partial charge in [-0.05, 0) is 39.5 Å². The number of hydrogen-bond acceptors (Lipinski definition) is 4. The molecule has 0 radical (unpaired) electrons. The number of carbonyl (C=O) groups excluding carboxylic acids is 1. The zero-order valence-electron chi connectivity index (χ0n) is 13.6. The average Bonchev–Trinajstić information content (AvgIpc) is 2.70. The fraction of sp³-hybridized carbons (Fsp3) is 0.733. The number of urea groups is 1. The lowest BCUT2D eigenvalue weighted by Gasteiger charge is -2.24. The van der Waals surface area contributed by atoms with Crippen LogP contribution >= 0.6 is 11.3 Å². The summed E-state index contributed by atoms with van der Waals surface area (Å²) in [5.41, 5.74) is 0.0357. The first-order valence-electron chi connectivity index (χ1n) is 7.36. The maximum absolute atomic E-state index is 11.8. The van der Waals surface area contributed by atoms with Crippen molar-refractivity contribution in [1.29, 1.82) is 0 Å². The van der Waals surface area contributed by atoms with Crippen molar-refractivity contribution in [2.24, 2.45) is 5.92 Å². The summed E-state index contributed by atoms with van der Waals surface area (Å²) < 4.78 is 0. The van der Waals surface area contributed by atoms with Crippen molar-refractivity contribution in [2.45, 2.75) is 59.6 Å². The summed E-state index contributed by atoms with van der Waals surface area (Å²) in [6, 6.07) is -0.273. The van der Waals surface area contributed by atoms with Gasteiger partial charge in [0.25, 0.3) is 0 Å². The minimum Gasteiger partial charge on any atom is -0.388 e. The first-order chi connectivity index (χ1) is 9.69.